The minimum absolute atomic E-state index is 0.0383. The number of carbonyl (C=O) groups is 1. The monoisotopic (exact) mass is 389 g/mol. The maximum absolute atomic E-state index is 13.4. The second-order valence-corrected chi connectivity index (χ2v) is 6.05. The van der Waals surface area contributed by atoms with Crippen molar-refractivity contribution in [3.63, 3.8) is 0 Å². The van der Waals surface area contributed by atoms with Crippen molar-refractivity contribution in [1.29, 1.82) is 0 Å². The van der Waals surface area contributed by atoms with Crippen LogP contribution in [0.25, 0.3) is 11.6 Å². The molecule has 0 saturated heterocycles. The van der Waals surface area contributed by atoms with Crippen LogP contribution in [0.1, 0.15) is 16.1 Å². The van der Waals surface area contributed by atoms with E-state index in [1.54, 1.807) is 25.3 Å². The van der Waals surface area contributed by atoms with Crippen LogP contribution < -0.4 is 4.74 Å². The lowest BCUT2D eigenvalue weighted by molar-refractivity contribution is -0.385. The van der Waals surface area contributed by atoms with Gasteiger partial charge in [-0.25, -0.2) is 19.2 Å². The minimum atomic E-state index is -0.920. The molecule has 0 atom stereocenters. The molecule has 0 aliphatic rings. The first-order valence-corrected chi connectivity index (χ1v) is 8.75. The number of carbonyl (C=O) groups excluding carboxylic acids is 1. The molecule has 10 heteroatoms. The molecule has 0 spiro atoms. The van der Waals surface area contributed by atoms with Crippen LogP contribution in [0.5, 0.6) is 5.75 Å². The molecule has 27 heavy (non-hydrogen) atoms. The summed E-state index contributed by atoms with van der Waals surface area (Å²) in [5, 5.41) is 11.4. The molecule has 0 fully saturated rings. The molecule has 0 amide bonds. The summed E-state index contributed by atoms with van der Waals surface area (Å²) < 4.78 is 23.8. The summed E-state index contributed by atoms with van der Waals surface area (Å²) in [5.41, 5.74) is -0.192. The first kappa shape index (κ1) is 18.5. The standard InChI is InChI=1S/C17H12FN3O5S/c1-9-14(16(27-2)20-15(19-9)12-4-3-7-25-12)17(22)26-13-8-10(18)5-6-11(13)21(23)24/h3-8H,1-2H3. The lowest BCUT2D eigenvalue weighted by Gasteiger charge is -2.11. The molecular formula is C17H12FN3O5S. The summed E-state index contributed by atoms with van der Waals surface area (Å²) >= 11 is 1.17. The normalized spacial score (nSPS) is 10.6. The van der Waals surface area contributed by atoms with E-state index in [1.807, 2.05) is 0 Å². The molecule has 0 saturated carbocycles. The highest BCUT2D eigenvalue weighted by Gasteiger charge is 2.25. The third-order valence-electron chi connectivity index (χ3n) is 3.52. The average molecular weight is 389 g/mol. The molecule has 2 aromatic heterocycles. The summed E-state index contributed by atoms with van der Waals surface area (Å²) in [7, 11) is 0. The van der Waals surface area contributed by atoms with E-state index < -0.39 is 28.1 Å². The topological polar surface area (TPSA) is 108 Å². The van der Waals surface area contributed by atoms with Gasteiger partial charge in [0.05, 0.1) is 16.9 Å². The van der Waals surface area contributed by atoms with E-state index in [1.165, 1.54) is 18.0 Å². The second kappa shape index (κ2) is 7.54. The number of esters is 1. The van der Waals surface area contributed by atoms with Crippen LogP contribution in [0.15, 0.2) is 46.0 Å². The average Bonchev–Trinajstić information content (AvgIpc) is 3.15. The number of nitro benzene ring substituents is 1. The fourth-order valence-corrected chi connectivity index (χ4v) is 2.93. The molecule has 0 bridgehead atoms. The quantitative estimate of drug-likeness (QED) is 0.161. The number of ether oxygens (including phenoxy) is 1. The van der Waals surface area contributed by atoms with Gasteiger partial charge in [-0.15, -0.1) is 11.8 Å². The summed E-state index contributed by atoms with van der Waals surface area (Å²) in [4.78, 5) is 31.4. The number of benzene rings is 1. The molecule has 0 radical (unpaired) electrons. The van der Waals surface area contributed by atoms with Gasteiger partial charge in [-0.3, -0.25) is 10.1 Å². The highest BCUT2D eigenvalue weighted by atomic mass is 32.2. The Hall–Kier alpha value is -3.27. The number of halogens is 1. The largest absolute Gasteiger partial charge is 0.461 e. The third-order valence-corrected chi connectivity index (χ3v) is 4.20. The van der Waals surface area contributed by atoms with Crippen LogP contribution in [0.2, 0.25) is 0 Å². The Morgan fingerprint density at radius 1 is 1.33 bits per heavy atom. The second-order valence-electron chi connectivity index (χ2n) is 5.25. The van der Waals surface area contributed by atoms with Crippen molar-refractivity contribution in [3.05, 3.63) is 63.8 Å². The molecule has 0 aliphatic heterocycles. The number of rotatable bonds is 5. The first-order valence-electron chi connectivity index (χ1n) is 7.53. The van der Waals surface area contributed by atoms with E-state index in [2.05, 4.69) is 9.97 Å². The number of hydrogen-bond acceptors (Lipinski definition) is 8. The van der Waals surface area contributed by atoms with E-state index in [9.17, 15) is 19.3 Å². The maximum atomic E-state index is 13.4. The van der Waals surface area contributed by atoms with E-state index in [0.717, 1.165) is 18.2 Å². The van der Waals surface area contributed by atoms with Crippen molar-refractivity contribution < 1.29 is 23.3 Å². The first-order chi connectivity index (χ1) is 12.9. The molecule has 138 valence electrons. The van der Waals surface area contributed by atoms with Gasteiger partial charge in [0, 0.05) is 12.1 Å². The minimum Gasteiger partial charge on any atom is -0.461 e. The smallest absolute Gasteiger partial charge is 0.348 e. The SMILES string of the molecule is CSc1nc(-c2ccco2)nc(C)c1C(=O)Oc1cc(F)ccc1[N+](=O)[O-]. The van der Waals surface area contributed by atoms with Crippen LogP contribution in [0, 0.1) is 22.9 Å². The maximum Gasteiger partial charge on any atom is 0.348 e. The van der Waals surface area contributed by atoms with Gasteiger partial charge in [-0.1, -0.05) is 0 Å². The van der Waals surface area contributed by atoms with Gasteiger partial charge >= 0.3 is 11.7 Å². The fraction of sp³-hybridized carbons (Fsp3) is 0.118. The van der Waals surface area contributed by atoms with Crippen LogP contribution in [-0.2, 0) is 0 Å². The van der Waals surface area contributed by atoms with Gasteiger partial charge in [-0.05, 0) is 31.4 Å². The number of nitrogens with zero attached hydrogens (tertiary/aromatic N) is 3. The number of aryl methyl sites for hydroxylation is 1. The predicted octanol–water partition coefficient (Wildman–Crippen LogP) is 4.03. The Labute approximate surface area is 156 Å². The Balaban J connectivity index is 2.01. The van der Waals surface area contributed by atoms with Crippen LogP contribution in [0.4, 0.5) is 10.1 Å². The Morgan fingerprint density at radius 3 is 2.74 bits per heavy atom. The van der Waals surface area contributed by atoms with Gasteiger partial charge in [0.1, 0.15) is 16.4 Å². The zero-order valence-electron chi connectivity index (χ0n) is 14.1. The molecule has 0 N–H and O–H groups in total. The molecular weight excluding hydrogens is 377 g/mol. The van der Waals surface area contributed by atoms with E-state index in [0.29, 0.717) is 16.5 Å². The van der Waals surface area contributed by atoms with Gasteiger partial charge in [0.2, 0.25) is 5.75 Å². The molecule has 3 rings (SSSR count). The zero-order chi connectivity index (χ0) is 19.6. The summed E-state index contributed by atoms with van der Waals surface area (Å²) in [6.45, 7) is 1.57. The van der Waals surface area contributed by atoms with E-state index >= 15 is 0 Å². The molecule has 2 heterocycles. The summed E-state index contributed by atoms with van der Waals surface area (Å²) in [6.07, 6.45) is 3.17. The third kappa shape index (κ3) is 3.80. The van der Waals surface area contributed by atoms with Crippen molar-refractivity contribution in [2.24, 2.45) is 0 Å². The van der Waals surface area contributed by atoms with Crippen molar-refractivity contribution in [3.8, 4) is 17.3 Å². The van der Waals surface area contributed by atoms with Crippen LogP contribution in [-0.4, -0.2) is 27.1 Å². The predicted molar refractivity (Wildman–Crippen MR) is 94.3 cm³/mol. The van der Waals surface area contributed by atoms with Crippen LogP contribution in [0.3, 0.4) is 0 Å². The van der Waals surface area contributed by atoms with Gasteiger partial charge in [0.25, 0.3) is 0 Å². The van der Waals surface area contributed by atoms with Gasteiger partial charge in [0.15, 0.2) is 11.6 Å². The van der Waals surface area contributed by atoms with Crippen molar-refractivity contribution >= 4 is 23.4 Å². The van der Waals surface area contributed by atoms with Gasteiger partial charge < -0.3 is 9.15 Å². The molecule has 0 unspecified atom stereocenters. The molecule has 8 nitrogen and oxygen atoms in total. The molecule has 1 aromatic carbocycles. The highest BCUT2D eigenvalue weighted by molar-refractivity contribution is 7.98. The lowest BCUT2D eigenvalue weighted by atomic mass is 10.2. The number of hydrogen-bond donors (Lipinski definition) is 0. The Morgan fingerprint density at radius 2 is 2.11 bits per heavy atom. The Kier molecular flexibility index (Phi) is 5.17. The zero-order valence-corrected chi connectivity index (χ0v) is 14.9. The van der Waals surface area contributed by atoms with Crippen molar-refractivity contribution in [1.82, 2.24) is 9.97 Å². The fourth-order valence-electron chi connectivity index (χ4n) is 2.32. The highest BCUT2D eigenvalue weighted by Crippen LogP contribution is 2.30. The Bertz CT molecular complexity index is 1020. The number of furan rings is 1. The van der Waals surface area contributed by atoms with E-state index in [4.69, 9.17) is 9.15 Å². The number of aromatic nitrogens is 2. The van der Waals surface area contributed by atoms with Crippen molar-refractivity contribution in [2.75, 3.05) is 6.26 Å². The number of thioether (sulfide) groups is 1. The van der Waals surface area contributed by atoms with E-state index in [-0.39, 0.29) is 11.4 Å². The lowest BCUT2D eigenvalue weighted by Crippen LogP contribution is -2.15. The molecule has 3 aromatic rings. The summed E-state index contributed by atoms with van der Waals surface area (Å²) in [6, 6.07) is 5.97. The van der Waals surface area contributed by atoms with Crippen LogP contribution >= 0.6 is 11.8 Å². The summed E-state index contributed by atoms with van der Waals surface area (Å²) in [5.74, 6) is -1.47. The molecule has 0 aliphatic carbocycles. The van der Waals surface area contributed by atoms with Crippen molar-refractivity contribution in [2.45, 2.75) is 11.9 Å². The van der Waals surface area contributed by atoms with Gasteiger partial charge in [-0.2, -0.15) is 0 Å². The number of nitro groups is 1.